The molecule has 4 aliphatic rings. The van der Waals surface area contributed by atoms with Gasteiger partial charge in [0.25, 0.3) is 11.8 Å². The summed E-state index contributed by atoms with van der Waals surface area (Å²) in [7, 11) is -4.14. The SMILES string of the molecule is CO/N=C(\C(=O)NC1C(=O)N2C(C(=S)OC(c3ccccc3)c3ccccc3)=C(C3COCOC3)C(C)S[C@H]12)c1csc(NC(c2ccccc2)(c2ccccc2)c2ccccc2)n1.O=S(=O)(OCC1COCOC1)C(F)(F)F. The summed E-state index contributed by atoms with van der Waals surface area (Å²) in [6, 6.07) is 49.3. The number of nitrogens with one attached hydrogen (secondary N) is 2. The van der Waals surface area contributed by atoms with Crippen LogP contribution in [0.25, 0.3) is 0 Å². The van der Waals surface area contributed by atoms with Gasteiger partial charge in [0.2, 0.25) is 5.05 Å². The maximum absolute atomic E-state index is 14.5. The Labute approximate surface area is 468 Å². The number of carbonyl (C=O) groups excluding carboxylic acids is 2. The van der Waals surface area contributed by atoms with E-state index >= 15 is 0 Å². The Morgan fingerprint density at radius 2 is 1.29 bits per heavy atom. The molecule has 3 saturated heterocycles. The lowest BCUT2D eigenvalue weighted by Gasteiger charge is -2.53. The molecule has 79 heavy (non-hydrogen) atoms. The highest BCUT2D eigenvalue weighted by molar-refractivity contribution is 8.00. The molecule has 3 atom stereocenters. The number of fused-ring (bicyclic) bond motifs is 1. The van der Waals surface area contributed by atoms with Crippen LogP contribution in [0.3, 0.4) is 0 Å². The van der Waals surface area contributed by atoms with Crippen LogP contribution in [-0.2, 0) is 58.0 Å². The van der Waals surface area contributed by atoms with E-state index < -0.39 is 57.1 Å². The first-order chi connectivity index (χ1) is 38.2. The van der Waals surface area contributed by atoms with Gasteiger partial charge in [-0.3, -0.25) is 18.7 Å². The number of anilines is 1. The number of thioether (sulfide) groups is 1. The van der Waals surface area contributed by atoms with Crippen LogP contribution >= 0.6 is 35.3 Å². The molecule has 5 heterocycles. The maximum atomic E-state index is 14.5. The molecule has 2 N–H and O–H groups in total. The van der Waals surface area contributed by atoms with Crippen molar-refractivity contribution >= 4 is 73.1 Å². The van der Waals surface area contributed by atoms with E-state index in [9.17, 15) is 31.2 Å². The fourth-order valence-corrected chi connectivity index (χ4v) is 12.6. The molecule has 6 aromatic rings. The second-order valence-corrected chi connectivity index (χ2v) is 22.6. The number of amides is 2. The third-order valence-corrected chi connectivity index (χ3v) is 16.7. The zero-order valence-corrected chi connectivity index (χ0v) is 45.8. The molecule has 0 saturated carbocycles. The van der Waals surface area contributed by atoms with E-state index in [1.54, 1.807) is 22.0 Å². The number of β-lactam (4-membered cyclic amide) rings is 1. The maximum Gasteiger partial charge on any atom is 0.523 e. The number of rotatable bonds is 17. The summed E-state index contributed by atoms with van der Waals surface area (Å²) in [4.78, 5) is 40.6. The van der Waals surface area contributed by atoms with Gasteiger partial charge >= 0.3 is 15.6 Å². The minimum atomic E-state index is -5.51. The topological polar surface area (TPSA) is 185 Å². The molecule has 2 amide bonds. The van der Waals surface area contributed by atoms with Crippen LogP contribution in [0.4, 0.5) is 18.3 Å². The smallest absolute Gasteiger partial charge is 0.469 e. The molecule has 1 aromatic heterocycles. The van der Waals surface area contributed by atoms with Crippen LogP contribution in [0.5, 0.6) is 0 Å². The standard InChI is InChI=1S/C50H45N5O6S3.C6H9F3O5S/c1-32-40(35-28-59-31-60-29-35)43(48(62)61-44(33-18-8-3-9-19-33)34-20-10-4-11-21-34)55-46(57)42(47(55)64-32)52-45(56)41(54-58-2)39-30-63-49(51-39)53-50(36-22-12-5-13-23-36,37-24-14-6-15-25-37)38-26-16-7-17-27-38;7-6(8,9)15(10,11)14-3-5-1-12-4-13-2-5/h3-27,30,32,35,42,44,47H,28-29,31H2,1-2H3,(H,51,53)(H,52,56);5H,1-4H2/b54-41-;/t32?,42?,47-;/m1./s1. The Bertz CT molecular complexity index is 3070. The Morgan fingerprint density at radius 1 is 0.797 bits per heavy atom. The molecule has 23 heteroatoms. The van der Waals surface area contributed by atoms with Crippen molar-refractivity contribution in [3.63, 3.8) is 0 Å². The van der Waals surface area contributed by atoms with Crippen molar-refractivity contribution in [1.82, 2.24) is 15.2 Å². The van der Waals surface area contributed by atoms with E-state index in [1.807, 2.05) is 115 Å². The van der Waals surface area contributed by atoms with Crippen molar-refractivity contribution in [2.45, 2.75) is 40.7 Å². The van der Waals surface area contributed by atoms with Crippen LogP contribution in [0, 0.1) is 11.8 Å². The molecule has 3 fully saturated rings. The van der Waals surface area contributed by atoms with Gasteiger partial charge in [-0.2, -0.15) is 21.6 Å². The lowest BCUT2D eigenvalue weighted by atomic mass is 9.77. The van der Waals surface area contributed by atoms with Crippen LogP contribution < -0.4 is 10.6 Å². The highest BCUT2D eigenvalue weighted by Gasteiger charge is 2.56. The van der Waals surface area contributed by atoms with Crippen LogP contribution in [0.15, 0.2) is 173 Å². The van der Waals surface area contributed by atoms with Crippen molar-refractivity contribution in [3.05, 3.63) is 202 Å². The number of benzene rings is 5. The lowest BCUT2D eigenvalue weighted by Crippen LogP contribution is -2.71. The summed E-state index contributed by atoms with van der Waals surface area (Å²) in [5.74, 6) is -1.61. The van der Waals surface area contributed by atoms with Crippen LogP contribution in [0.2, 0.25) is 0 Å². The predicted octanol–water partition coefficient (Wildman–Crippen LogP) is 9.17. The van der Waals surface area contributed by atoms with E-state index in [-0.39, 0.29) is 60.3 Å². The summed E-state index contributed by atoms with van der Waals surface area (Å²) < 4.78 is 88.0. The highest BCUT2D eigenvalue weighted by atomic mass is 32.2. The van der Waals surface area contributed by atoms with Gasteiger partial charge in [0, 0.05) is 22.5 Å². The van der Waals surface area contributed by atoms with Crippen LogP contribution in [-0.4, -0.2) is 117 Å². The van der Waals surface area contributed by atoms with Gasteiger partial charge in [-0.25, -0.2) is 4.98 Å². The van der Waals surface area contributed by atoms with Gasteiger partial charge in [0.05, 0.1) is 38.7 Å². The Morgan fingerprint density at radius 3 is 1.78 bits per heavy atom. The van der Waals surface area contributed by atoms with Gasteiger partial charge in [-0.05, 0) is 52.5 Å². The predicted molar refractivity (Wildman–Crippen MR) is 295 cm³/mol. The van der Waals surface area contributed by atoms with E-state index in [0.29, 0.717) is 24.0 Å². The molecule has 414 valence electrons. The summed E-state index contributed by atoms with van der Waals surface area (Å²) in [5.41, 5.74) is 0.224. The average molecular weight is 1160 g/mol. The van der Waals surface area contributed by atoms with E-state index in [4.69, 9.17) is 45.7 Å². The second-order valence-electron chi connectivity index (χ2n) is 18.3. The van der Waals surface area contributed by atoms with Gasteiger partial charge in [0.1, 0.15) is 49.4 Å². The average Bonchev–Trinajstić information content (AvgIpc) is 3.84. The third-order valence-electron chi connectivity index (χ3n) is 13.2. The molecule has 4 aliphatic heterocycles. The molecule has 5 aromatic carbocycles. The fourth-order valence-electron chi connectivity index (χ4n) is 9.52. The number of hydrogen-bond donors (Lipinski definition) is 2. The molecule has 10 rings (SSSR count). The zero-order valence-electron chi connectivity index (χ0n) is 42.5. The number of hydrogen-bond acceptors (Lipinski definition) is 17. The second kappa shape index (κ2) is 25.7. The number of ether oxygens (including phenoxy) is 5. The third kappa shape index (κ3) is 12.9. The first-order valence-electron chi connectivity index (χ1n) is 24.8. The summed E-state index contributed by atoms with van der Waals surface area (Å²) in [6.45, 7) is 2.78. The number of alkyl halides is 3. The Kier molecular flexibility index (Phi) is 18.6. The van der Waals surface area contributed by atoms with Gasteiger partial charge in [0.15, 0.2) is 10.8 Å². The van der Waals surface area contributed by atoms with Crippen molar-refractivity contribution in [2.75, 3.05) is 59.0 Å². The summed E-state index contributed by atoms with van der Waals surface area (Å²) in [6.07, 6.45) is -0.540. The minimum absolute atomic E-state index is 0.0581. The molecular formula is C56H54F3N5O11S4. The molecule has 0 aliphatic carbocycles. The molecule has 0 radical (unpaired) electrons. The summed E-state index contributed by atoms with van der Waals surface area (Å²) >= 11 is 9.06. The normalized spacial score (nSPS) is 19.4. The first-order valence-corrected chi connectivity index (χ1v) is 28.5. The molecule has 16 nitrogen and oxygen atoms in total. The number of oxime groups is 1. The molecule has 2 unspecified atom stereocenters. The van der Waals surface area contributed by atoms with Gasteiger partial charge < -0.3 is 39.2 Å². The summed E-state index contributed by atoms with van der Waals surface area (Å²) in [5, 5.41) is 12.7. The van der Waals surface area contributed by atoms with E-state index in [1.165, 1.54) is 18.4 Å². The van der Waals surface area contributed by atoms with Gasteiger partial charge in [-0.1, -0.05) is 157 Å². The lowest BCUT2D eigenvalue weighted by molar-refractivity contribution is -0.145. The highest BCUT2D eigenvalue weighted by Crippen LogP contribution is 2.48. The van der Waals surface area contributed by atoms with Crippen molar-refractivity contribution in [3.8, 4) is 0 Å². The zero-order chi connectivity index (χ0) is 55.6. The first kappa shape index (κ1) is 57.2. The number of thiazole rings is 1. The Balaban J connectivity index is 0.000000438. The molecule has 0 spiro atoms. The molecular weight excluding hydrogens is 1100 g/mol. The van der Waals surface area contributed by atoms with Crippen molar-refractivity contribution in [1.29, 1.82) is 0 Å². The number of halogens is 3. The Hall–Kier alpha value is -6.54. The fraction of sp³-hybridized carbons (Fsp3) is 0.304. The van der Waals surface area contributed by atoms with Gasteiger partial charge in [-0.15, -0.1) is 23.1 Å². The number of aromatic nitrogens is 1. The van der Waals surface area contributed by atoms with E-state index in [2.05, 4.69) is 63.3 Å². The minimum Gasteiger partial charge on any atom is -0.469 e. The largest absolute Gasteiger partial charge is 0.523 e. The number of thiocarbonyl (C=S) groups is 1. The van der Waals surface area contributed by atoms with Crippen LogP contribution in [0.1, 0.15) is 46.5 Å². The number of nitrogens with zero attached hydrogens (tertiary/aromatic N) is 3. The van der Waals surface area contributed by atoms with Crippen molar-refractivity contribution < 1.29 is 63.9 Å². The number of carbonyl (C=O) groups is 2. The van der Waals surface area contributed by atoms with E-state index in [0.717, 1.165) is 33.4 Å². The van der Waals surface area contributed by atoms with Crippen molar-refractivity contribution in [2.24, 2.45) is 17.0 Å². The molecule has 0 bridgehead atoms. The monoisotopic (exact) mass is 1160 g/mol. The quantitative estimate of drug-likeness (QED) is 0.0167.